The van der Waals surface area contributed by atoms with Gasteiger partial charge in [-0.2, -0.15) is 0 Å². The molecule has 1 N–H and O–H groups in total. The van der Waals surface area contributed by atoms with Crippen molar-refractivity contribution in [2.45, 2.75) is 50.5 Å². The van der Waals surface area contributed by atoms with E-state index in [1.165, 1.54) is 11.6 Å². The van der Waals surface area contributed by atoms with Gasteiger partial charge in [0.2, 0.25) is 0 Å². The van der Waals surface area contributed by atoms with Crippen LogP contribution < -0.4 is 9.47 Å². The molecule has 1 aromatic heterocycles. The topological polar surface area (TPSA) is 55.8 Å². The highest BCUT2D eigenvalue weighted by Gasteiger charge is 2.34. The van der Waals surface area contributed by atoms with Gasteiger partial charge in [0.05, 0.1) is 13.5 Å². The van der Waals surface area contributed by atoms with E-state index in [0.29, 0.717) is 29.8 Å². The fourth-order valence-corrected chi connectivity index (χ4v) is 5.75. The van der Waals surface area contributed by atoms with Gasteiger partial charge in [0.25, 0.3) is 0 Å². The zero-order valence-corrected chi connectivity index (χ0v) is 19.4. The Morgan fingerprint density at radius 2 is 1.97 bits per heavy atom. The number of halogens is 1. The smallest absolute Gasteiger partial charge is 0.303 e. The molecule has 1 heterocycles. The van der Waals surface area contributed by atoms with Gasteiger partial charge >= 0.3 is 5.97 Å². The van der Waals surface area contributed by atoms with Gasteiger partial charge in [-0.1, -0.05) is 12.1 Å². The number of rotatable bonds is 10. The number of carboxylic acids is 1. The van der Waals surface area contributed by atoms with Crippen LogP contribution in [0.2, 0.25) is 0 Å². The second kappa shape index (κ2) is 9.18. The van der Waals surface area contributed by atoms with Crippen molar-refractivity contribution in [1.29, 1.82) is 0 Å². The Morgan fingerprint density at radius 1 is 1.15 bits per heavy atom. The summed E-state index contributed by atoms with van der Waals surface area (Å²) in [6, 6.07) is 12.7. The van der Waals surface area contributed by atoms with E-state index in [1.807, 2.05) is 24.3 Å². The standard InChI is InChI=1S/C27H27FO4S/c1-31-20-9-10-24(28)23(12-20)27-26(17-7-8-17)19(15-33-27)14-32-21-4-2-3-18(11-21)22(13-25(29)30)16-5-6-16/h2-4,9-12,15-17,22H,5-8,13-14H2,1H3,(H,29,30)/t22-/m0/s1. The van der Waals surface area contributed by atoms with E-state index in [0.717, 1.165) is 47.4 Å². The lowest BCUT2D eigenvalue weighted by Gasteiger charge is -2.16. The number of hydrogen-bond donors (Lipinski definition) is 1. The zero-order valence-electron chi connectivity index (χ0n) is 18.6. The van der Waals surface area contributed by atoms with Gasteiger partial charge in [-0.15, -0.1) is 11.3 Å². The largest absolute Gasteiger partial charge is 0.497 e. The van der Waals surface area contributed by atoms with Gasteiger partial charge < -0.3 is 14.6 Å². The molecular formula is C27H27FO4S. The normalized spacial score (nSPS) is 16.4. The third kappa shape index (κ3) is 4.91. The highest BCUT2D eigenvalue weighted by Crippen LogP contribution is 2.50. The summed E-state index contributed by atoms with van der Waals surface area (Å²) in [6.45, 7) is 0.407. The molecule has 0 amide bonds. The second-order valence-corrected chi connectivity index (χ2v) is 9.91. The maximum atomic E-state index is 14.7. The average Bonchev–Trinajstić information content (AvgIpc) is 3.75. The van der Waals surface area contributed by atoms with E-state index in [4.69, 9.17) is 9.47 Å². The number of benzene rings is 2. The van der Waals surface area contributed by atoms with E-state index < -0.39 is 5.97 Å². The third-order valence-corrected chi connectivity index (χ3v) is 7.66. The number of carboxylic acid groups (broad SMARTS) is 1. The summed E-state index contributed by atoms with van der Waals surface area (Å²) in [7, 11) is 1.59. The third-order valence-electron chi connectivity index (χ3n) is 6.58. The molecule has 3 aromatic rings. The van der Waals surface area contributed by atoms with Crippen molar-refractivity contribution >= 4 is 17.3 Å². The summed E-state index contributed by atoms with van der Waals surface area (Å²) in [4.78, 5) is 12.3. The molecule has 2 aromatic carbocycles. The van der Waals surface area contributed by atoms with Crippen LogP contribution >= 0.6 is 11.3 Å². The minimum Gasteiger partial charge on any atom is -0.497 e. The molecule has 4 nitrogen and oxygen atoms in total. The molecule has 0 radical (unpaired) electrons. The first-order valence-electron chi connectivity index (χ1n) is 11.4. The first-order valence-corrected chi connectivity index (χ1v) is 12.3. The van der Waals surface area contributed by atoms with E-state index in [2.05, 4.69) is 5.38 Å². The number of thiophene rings is 1. The predicted molar refractivity (Wildman–Crippen MR) is 127 cm³/mol. The average molecular weight is 467 g/mol. The lowest BCUT2D eigenvalue weighted by Crippen LogP contribution is -2.08. The second-order valence-electron chi connectivity index (χ2n) is 9.03. The van der Waals surface area contributed by atoms with Crippen LogP contribution in [0.15, 0.2) is 47.8 Å². The molecule has 0 unspecified atom stereocenters. The van der Waals surface area contributed by atoms with Gasteiger partial charge in [0, 0.05) is 16.0 Å². The van der Waals surface area contributed by atoms with Crippen LogP contribution in [0.25, 0.3) is 10.4 Å². The fraction of sp³-hybridized carbons (Fsp3) is 0.370. The van der Waals surface area contributed by atoms with Crippen molar-refractivity contribution in [2.75, 3.05) is 7.11 Å². The summed E-state index contributed by atoms with van der Waals surface area (Å²) in [5.41, 5.74) is 3.89. The first-order chi connectivity index (χ1) is 16.0. The number of hydrogen-bond acceptors (Lipinski definition) is 4. The highest BCUT2D eigenvalue weighted by molar-refractivity contribution is 7.14. The maximum Gasteiger partial charge on any atom is 0.303 e. The molecule has 33 heavy (non-hydrogen) atoms. The molecule has 0 saturated heterocycles. The molecule has 2 fully saturated rings. The summed E-state index contributed by atoms with van der Waals surface area (Å²) in [6.07, 6.45) is 4.55. The van der Waals surface area contributed by atoms with Crippen molar-refractivity contribution in [1.82, 2.24) is 0 Å². The first kappa shape index (κ1) is 22.0. The van der Waals surface area contributed by atoms with Gasteiger partial charge in [-0.3, -0.25) is 4.79 Å². The molecule has 1 atom stereocenters. The summed E-state index contributed by atoms with van der Waals surface area (Å²) in [5, 5.41) is 11.4. The SMILES string of the molecule is COc1ccc(F)c(-c2scc(COc3cccc([C@@H](CC(=O)O)C4CC4)c3)c2C2CC2)c1. The van der Waals surface area contributed by atoms with Crippen molar-refractivity contribution in [3.63, 3.8) is 0 Å². The molecule has 2 aliphatic rings. The van der Waals surface area contributed by atoms with Crippen LogP contribution in [0.1, 0.15) is 60.6 Å². The molecule has 5 rings (SSSR count). The van der Waals surface area contributed by atoms with Crippen molar-refractivity contribution < 1.29 is 23.8 Å². The van der Waals surface area contributed by atoms with E-state index >= 15 is 0 Å². The summed E-state index contributed by atoms with van der Waals surface area (Å²) in [5.74, 6) is 1.31. The summed E-state index contributed by atoms with van der Waals surface area (Å²) >= 11 is 1.55. The Balaban J connectivity index is 1.37. The minimum atomic E-state index is -0.761. The Hall–Kier alpha value is -2.86. The zero-order chi connectivity index (χ0) is 22.9. The number of ether oxygens (including phenoxy) is 2. The van der Waals surface area contributed by atoms with E-state index in [-0.39, 0.29) is 18.2 Å². The molecule has 0 aliphatic heterocycles. The predicted octanol–water partition coefficient (Wildman–Crippen LogP) is 6.99. The fourth-order valence-electron chi connectivity index (χ4n) is 4.59. The van der Waals surface area contributed by atoms with Crippen molar-refractivity contribution in [2.24, 2.45) is 5.92 Å². The Morgan fingerprint density at radius 3 is 2.67 bits per heavy atom. The Bertz CT molecular complexity index is 1160. The van der Waals surface area contributed by atoms with Crippen LogP contribution in [0, 0.1) is 11.7 Å². The lowest BCUT2D eigenvalue weighted by molar-refractivity contribution is -0.137. The molecular weight excluding hydrogens is 439 g/mol. The monoisotopic (exact) mass is 466 g/mol. The quantitative estimate of drug-likeness (QED) is 0.350. The van der Waals surface area contributed by atoms with Crippen LogP contribution in [-0.4, -0.2) is 18.2 Å². The van der Waals surface area contributed by atoms with Crippen LogP contribution in [0.5, 0.6) is 11.5 Å². The van der Waals surface area contributed by atoms with Crippen molar-refractivity contribution in [3.8, 4) is 21.9 Å². The van der Waals surface area contributed by atoms with Crippen molar-refractivity contribution in [3.05, 3.63) is 70.4 Å². The molecule has 2 saturated carbocycles. The van der Waals surface area contributed by atoms with Gasteiger partial charge in [-0.25, -0.2) is 4.39 Å². The Kier molecular flexibility index (Phi) is 6.11. The number of aliphatic carboxylic acids is 1. The molecule has 6 heteroatoms. The van der Waals surface area contributed by atoms with E-state index in [9.17, 15) is 14.3 Å². The van der Waals surface area contributed by atoms with Crippen LogP contribution in [0.3, 0.4) is 0 Å². The Labute approximate surface area is 197 Å². The highest BCUT2D eigenvalue weighted by atomic mass is 32.1. The number of methoxy groups -OCH3 is 1. The van der Waals surface area contributed by atoms with Gasteiger partial charge in [0.1, 0.15) is 23.9 Å². The maximum absolute atomic E-state index is 14.7. The summed E-state index contributed by atoms with van der Waals surface area (Å²) < 4.78 is 26.2. The molecule has 172 valence electrons. The van der Waals surface area contributed by atoms with Crippen LogP contribution in [-0.2, 0) is 11.4 Å². The van der Waals surface area contributed by atoms with E-state index in [1.54, 1.807) is 30.6 Å². The molecule has 0 bridgehead atoms. The van der Waals surface area contributed by atoms with Gasteiger partial charge in [-0.05, 0) is 90.3 Å². The van der Waals surface area contributed by atoms with Gasteiger partial charge in [0.15, 0.2) is 0 Å². The lowest BCUT2D eigenvalue weighted by atomic mass is 9.91. The number of carbonyl (C=O) groups is 1. The molecule has 2 aliphatic carbocycles. The molecule has 0 spiro atoms. The minimum absolute atomic E-state index is 0.0388. The van der Waals surface area contributed by atoms with Crippen LogP contribution in [0.4, 0.5) is 4.39 Å².